The van der Waals surface area contributed by atoms with Crippen molar-refractivity contribution in [3.8, 4) is 0 Å². The van der Waals surface area contributed by atoms with Crippen LogP contribution in [0.4, 0.5) is 5.69 Å². The van der Waals surface area contributed by atoms with Crippen LogP contribution in [0.3, 0.4) is 0 Å². The Bertz CT molecular complexity index is 400. The maximum atomic E-state index is 3.64. The number of anilines is 1. The van der Waals surface area contributed by atoms with Crippen molar-refractivity contribution in [2.75, 3.05) is 11.9 Å². The minimum Gasteiger partial charge on any atom is -0.385 e. The number of aryl methyl sites for hydroxylation is 1. The predicted molar refractivity (Wildman–Crippen MR) is 87.2 cm³/mol. The molecule has 1 aliphatic carbocycles. The van der Waals surface area contributed by atoms with E-state index < -0.39 is 0 Å². The number of halogens is 1. The van der Waals surface area contributed by atoms with E-state index in [0.29, 0.717) is 5.41 Å². The highest BCUT2D eigenvalue weighted by molar-refractivity contribution is 5.85. The SMILES string of the molecule is Cc1cccc(NC[C@@H]2[C@@H](C)CCCC2(C)C)c1.Cl. The molecule has 1 aromatic rings. The molecule has 0 saturated heterocycles. The van der Waals surface area contributed by atoms with Crippen LogP contribution in [0.1, 0.15) is 45.6 Å². The molecule has 0 aromatic heterocycles. The van der Waals surface area contributed by atoms with Crippen LogP contribution >= 0.6 is 12.4 Å². The summed E-state index contributed by atoms with van der Waals surface area (Å²) in [5, 5.41) is 3.64. The summed E-state index contributed by atoms with van der Waals surface area (Å²) in [5.41, 5.74) is 3.08. The van der Waals surface area contributed by atoms with Gasteiger partial charge in [-0.3, -0.25) is 0 Å². The molecule has 0 heterocycles. The molecule has 1 fully saturated rings. The van der Waals surface area contributed by atoms with Crippen molar-refractivity contribution in [2.45, 2.75) is 47.0 Å². The zero-order valence-corrected chi connectivity index (χ0v) is 13.5. The van der Waals surface area contributed by atoms with Gasteiger partial charge in [-0.2, -0.15) is 0 Å². The number of benzene rings is 1. The molecule has 108 valence electrons. The van der Waals surface area contributed by atoms with Crippen molar-refractivity contribution in [3.05, 3.63) is 29.8 Å². The monoisotopic (exact) mass is 281 g/mol. The second kappa shape index (κ2) is 6.65. The van der Waals surface area contributed by atoms with E-state index in [1.54, 1.807) is 0 Å². The highest BCUT2D eigenvalue weighted by Gasteiger charge is 2.36. The molecule has 1 nitrogen and oxygen atoms in total. The molecule has 0 spiro atoms. The number of nitrogens with one attached hydrogen (secondary N) is 1. The van der Waals surface area contributed by atoms with Gasteiger partial charge in [0.15, 0.2) is 0 Å². The summed E-state index contributed by atoms with van der Waals surface area (Å²) in [6, 6.07) is 8.69. The third-order valence-electron chi connectivity index (χ3n) is 4.72. The smallest absolute Gasteiger partial charge is 0.0342 e. The first kappa shape index (κ1) is 16.4. The minimum atomic E-state index is 0. The summed E-state index contributed by atoms with van der Waals surface area (Å²) in [7, 11) is 0. The third-order valence-corrected chi connectivity index (χ3v) is 4.72. The van der Waals surface area contributed by atoms with Gasteiger partial charge < -0.3 is 5.32 Å². The van der Waals surface area contributed by atoms with Gasteiger partial charge in [-0.05, 0) is 48.3 Å². The normalized spacial score (nSPS) is 25.5. The lowest BCUT2D eigenvalue weighted by molar-refractivity contribution is 0.0944. The van der Waals surface area contributed by atoms with Crippen molar-refractivity contribution < 1.29 is 0 Å². The van der Waals surface area contributed by atoms with Crippen molar-refractivity contribution in [1.82, 2.24) is 0 Å². The lowest BCUT2D eigenvalue weighted by Gasteiger charge is -2.43. The summed E-state index contributed by atoms with van der Waals surface area (Å²) in [4.78, 5) is 0. The minimum absolute atomic E-state index is 0. The van der Waals surface area contributed by atoms with Crippen LogP contribution in [-0.4, -0.2) is 6.54 Å². The Balaban J connectivity index is 0.00000180. The largest absolute Gasteiger partial charge is 0.385 e. The Hall–Kier alpha value is -0.690. The maximum absolute atomic E-state index is 3.64. The first-order valence-electron chi connectivity index (χ1n) is 7.29. The molecule has 19 heavy (non-hydrogen) atoms. The van der Waals surface area contributed by atoms with Gasteiger partial charge in [0.2, 0.25) is 0 Å². The van der Waals surface area contributed by atoms with Gasteiger partial charge in [-0.25, -0.2) is 0 Å². The van der Waals surface area contributed by atoms with E-state index in [-0.39, 0.29) is 12.4 Å². The lowest BCUT2D eigenvalue weighted by atomic mass is 9.64. The second-order valence-corrected chi connectivity index (χ2v) is 6.71. The van der Waals surface area contributed by atoms with Crippen LogP contribution in [0.2, 0.25) is 0 Å². The molecule has 0 radical (unpaired) electrons. The van der Waals surface area contributed by atoms with Crippen LogP contribution in [0.25, 0.3) is 0 Å². The number of hydrogen-bond donors (Lipinski definition) is 1. The van der Waals surface area contributed by atoms with Gasteiger partial charge >= 0.3 is 0 Å². The van der Waals surface area contributed by atoms with Gasteiger partial charge in [0.05, 0.1) is 0 Å². The van der Waals surface area contributed by atoms with Crippen molar-refractivity contribution in [1.29, 1.82) is 0 Å². The summed E-state index contributed by atoms with van der Waals surface area (Å²) >= 11 is 0. The van der Waals surface area contributed by atoms with E-state index in [0.717, 1.165) is 18.4 Å². The van der Waals surface area contributed by atoms with Gasteiger partial charge in [0.25, 0.3) is 0 Å². The quantitative estimate of drug-likeness (QED) is 0.794. The first-order valence-corrected chi connectivity index (χ1v) is 7.29. The van der Waals surface area contributed by atoms with Crippen LogP contribution in [0, 0.1) is 24.2 Å². The molecule has 1 aromatic carbocycles. The molecule has 0 aliphatic heterocycles. The molecule has 0 unspecified atom stereocenters. The van der Waals surface area contributed by atoms with Gasteiger partial charge in [0.1, 0.15) is 0 Å². The van der Waals surface area contributed by atoms with E-state index in [4.69, 9.17) is 0 Å². The predicted octanol–water partition coefficient (Wildman–Crippen LogP) is 5.29. The Labute approximate surface area is 124 Å². The topological polar surface area (TPSA) is 12.0 Å². The van der Waals surface area contributed by atoms with Gasteiger partial charge in [-0.1, -0.05) is 45.7 Å². The van der Waals surface area contributed by atoms with Crippen LogP contribution < -0.4 is 5.32 Å². The first-order chi connectivity index (χ1) is 8.49. The summed E-state index contributed by atoms with van der Waals surface area (Å²) in [6.07, 6.45) is 4.16. The van der Waals surface area contributed by atoms with Crippen LogP contribution in [-0.2, 0) is 0 Å². The molecule has 2 heteroatoms. The van der Waals surface area contributed by atoms with E-state index >= 15 is 0 Å². The van der Waals surface area contributed by atoms with Crippen molar-refractivity contribution in [2.24, 2.45) is 17.3 Å². The Morgan fingerprint density at radius 1 is 1.32 bits per heavy atom. The molecule has 1 aliphatic rings. The van der Waals surface area contributed by atoms with E-state index in [1.807, 2.05) is 0 Å². The molecule has 2 atom stereocenters. The number of hydrogen-bond acceptors (Lipinski definition) is 1. The molecule has 2 rings (SSSR count). The molecular formula is C17H28ClN. The standard InChI is InChI=1S/C17H27N.ClH/c1-13-7-5-9-15(11-13)18-12-16-14(2)8-6-10-17(16,3)4;/h5,7,9,11,14,16,18H,6,8,10,12H2,1-4H3;1H/t14-,16+;/m0./s1. The average Bonchev–Trinajstić information content (AvgIpc) is 2.27. The second-order valence-electron chi connectivity index (χ2n) is 6.71. The zero-order chi connectivity index (χ0) is 13.2. The van der Waals surface area contributed by atoms with Crippen molar-refractivity contribution >= 4 is 18.1 Å². The Kier molecular flexibility index (Phi) is 5.73. The van der Waals surface area contributed by atoms with E-state index in [1.165, 1.54) is 30.5 Å². The van der Waals surface area contributed by atoms with E-state index in [2.05, 4.69) is 57.3 Å². The fourth-order valence-electron chi connectivity index (χ4n) is 3.50. The average molecular weight is 282 g/mol. The molecule has 0 bridgehead atoms. The van der Waals surface area contributed by atoms with Gasteiger partial charge in [0, 0.05) is 12.2 Å². The summed E-state index contributed by atoms with van der Waals surface area (Å²) in [6.45, 7) is 10.6. The maximum Gasteiger partial charge on any atom is 0.0342 e. The van der Waals surface area contributed by atoms with E-state index in [9.17, 15) is 0 Å². The van der Waals surface area contributed by atoms with Crippen molar-refractivity contribution in [3.63, 3.8) is 0 Å². The molecular weight excluding hydrogens is 254 g/mol. The lowest BCUT2D eigenvalue weighted by Crippen LogP contribution is -2.38. The number of rotatable bonds is 3. The molecule has 1 saturated carbocycles. The Morgan fingerprint density at radius 2 is 2.05 bits per heavy atom. The van der Waals surface area contributed by atoms with Crippen LogP contribution in [0.15, 0.2) is 24.3 Å². The summed E-state index contributed by atoms with van der Waals surface area (Å²) < 4.78 is 0. The highest BCUT2D eigenvalue weighted by atomic mass is 35.5. The molecule has 0 amide bonds. The highest BCUT2D eigenvalue weighted by Crippen LogP contribution is 2.43. The fourth-order valence-corrected chi connectivity index (χ4v) is 3.50. The van der Waals surface area contributed by atoms with Crippen LogP contribution in [0.5, 0.6) is 0 Å². The summed E-state index contributed by atoms with van der Waals surface area (Å²) in [5.74, 6) is 1.62. The third kappa shape index (κ3) is 4.14. The zero-order valence-electron chi connectivity index (χ0n) is 12.7. The Morgan fingerprint density at radius 3 is 2.68 bits per heavy atom. The fraction of sp³-hybridized carbons (Fsp3) is 0.647. The molecule has 1 N–H and O–H groups in total. The van der Waals surface area contributed by atoms with Gasteiger partial charge in [-0.15, -0.1) is 12.4 Å².